The molecule has 182 valence electrons. The summed E-state index contributed by atoms with van der Waals surface area (Å²) >= 11 is 0. The topological polar surface area (TPSA) is 86.8 Å². The number of hydrogen-bond donors (Lipinski definition) is 1. The quantitative estimate of drug-likeness (QED) is 0.677. The van der Waals surface area contributed by atoms with Crippen LogP contribution in [0.25, 0.3) is 0 Å². The van der Waals surface area contributed by atoms with Crippen molar-refractivity contribution < 1.29 is 18.0 Å². The number of para-hydroxylation sites is 1. The van der Waals surface area contributed by atoms with Crippen LogP contribution in [0.1, 0.15) is 53.6 Å². The van der Waals surface area contributed by atoms with Crippen LogP contribution in [0.4, 0.5) is 5.69 Å². The maximum Gasteiger partial charge on any atom is 0.255 e. The molecule has 0 radical (unpaired) electrons. The van der Waals surface area contributed by atoms with Gasteiger partial charge in [0.05, 0.1) is 17.0 Å². The Balaban J connectivity index is 1.35. The van der Waals surface area contributed by atoms with Crippen molar-refractivity contribution >= 4 is 27.5 Å². The van der Waals surface area contributed by atoms with Gasteiger partial charge in [-0.1, -0.05) is 42.0 Å². The first-order chi connectivity index (χ1) is 16.3. The van der Waals surface area contributed by atoms with Crippen LogP contribution >= 0.6 is 0 Å². The van der Waals surface area contributed by atoms with Gasteiger partial charge in [0, 0.05) is 32.1 Å². The number of anilines is 1. The first-order valence-electron chi connectivity index (χ1n) is 12.1. The molecule has 0 atom stereocenters. The minimum atomic E-state index is -3.44. The summed E-state index contributed by atoms with van der Waals surface area (Å²) in [5.41, 5.74) is 2.89. The van der Waals surface area contributed by atoms with Crippen LogP contribution in [0.2, 0.25) is 0 Å². The predicted octanol–water partition coefficient (Wildman–Crippen LogP) is 3.80. The van der Waals surface area contributed by atoms with E-state index in [1.807, 2.05) is 48.2 Å². The fraction of sp³-hybridized carbons (Fsp3) is 0.462. The number of nitrogens with one attached hydrogen (secondary N) is 1. The van der Waals surface area contributed by atoms with Crippen LogP contribution in [0.3, 0.4) is 0 Å². The molecule has 2 aromatic carbocycles. The molecule has 0 spiro atoms. The summed E-state index contributed by atoms with van der Waals surface area (Å²) in [6, 6.07) is 14.6. The number of hydrogen-bond acceptors (Lipinski definition) is 4. The van der Waals surface area contributed by atoms with Gasteiger partial charge in [-0.3, -0.25) is 9.59 Å². The summed E-state index contributed by atoms with van der Waals surface area (Å²) in [5.74, 6) is -0.526. The highest BCUT2D eigenvalue weighted by molar-refractivity contribution is 7.88. The Labute approximate surface area is 202 Å². The van der Waals surface area contributed by atoms with Crippen molar-refractivity contribution in [3.63, 3.8) is 0 Å². The average Bonchev–Trinajstić information content (AvgIpc) is 2.86. The average molecular weight is 484 g/mol. The molecule has 0 saturated carbocycles. The highest BCUT2D eigenvalue weighted by Gasteiger charge is 2.32. The number of rotatable bonds is 6. The lowest BCUT2D eigenvalue weighted by Gasteiger charge is -2.31. The number of carbonyl (C=O) groups excluding carboxylic acids is 2. The zero-order valence-corrected chi connectivity index (χ0v) is 20.5. The molecule has 4 rings (SSSR count). The van der Waals surface area contributed by atoms with Crippen molar-refractivity contribution in [2.45, 2.75) is 44.8 Å². The maximum absolute atomic E-state index is 13.0. The van der Waals surface area contributed by atoms with E-state index in [2.05, 4.69) is 5.32 Å². The van der Waals surface area contributed by atoms with Crippen molar-refractivity contribution in [3.8, 4) is 0 Å². The zero-order valence-electron chi connectivity index (χ0n) is 19.7. The second-order valence-corrected chi connectivity index (χ2v) is 11.3. The Morgan fingerprint density at radius 1 is 0.912 bits per heavy atom. The summed E-state index contributed by atoms with van der Waals surface area (Å²) in [7, 11) is -3.44. The lowest BCUT2D eigenvalue weighted by atomic mass is 9.97. The molecule has 2 saturated heterocycles. The Kier molecular flexibility index (Phi) is 7.68. The van der Waals surface area contributed by atoms with Gasteiger partial charge < -0.3 is 10.2 Å². The first kappa shape index (κ1) is 24.4. The van der Waals surface area contributed by atoms with E-state index in [0.29, 0.717) is 37.2 Å². The largest absolute Gasteiger partial charge is 0.339 e. The second kappa shape index (κ2) is 10.7. The van der Waals surface area contributed by atoms with Crippen LogP contribution in [0, 0.1) is 12.8 Å². The fourth-order valence-corrected chi connectivity index (χ4v) is 6.23. The van der Waals surface area contributed by atoms with E-state index in [-0.39, 0.29) is 23.5 Å². The third-order valence-electron chi connectivity index (χ3n) is 6.75. The molecular formula is C26H33N3O4S. The van der Waals surface area contributed by atoms with Crippen LogP contribution in [0.5, 0.6) is 0 Å². The van der Waals surface area contributed by atoms with E-state index < -0.39 is 10.0 Å². The van der Waals surface area contributed by atoms with Crippen molar-refractivity contribution in [1.29, 1.82) is 0 Å². The van der Waals surface area contributed by atoms with Crippen LogP contribution in [-0.2, 0) is 20.6 Å². The third-order valence-corrected chi connectivity index (χ3v) is 8.60. The van der Waals surface area contributed by atoms with Gasteiger partial charge in [-0.05, 0) is 56.7 Å². The number of benzene rings is 2. The van der Waals surface area contributed by atoms with E-state index in [1.165, 1.54) is 4.31 Å². The molecular weight excluding hydrogens is 450 g/mol. The standard InChI is InChI=1S/C26H33N3O4S/c1-20-9-11-21(12-10-20)19-34(32,33)29-17-13-22(14-18-29)25(30)27-24-8-4-3-7-23(24)26(31)28-15-5-2-6-16-28/h3-4,7-12,22H,2,5-6,13-19H2,1H3,(H,27,30). The molecule has 2 aliphatic rings. The van der Waals surface area contributed by atoms with E-state index in [0.717, 1.165) is 43.5 Å². The number of amides is 2. The van der Waals surface area contributed by atoms with E-state index in [1.54, 1.807) is 12.1 Å². The summed E-state index contributed by atoms with van der Waals surface area (Å²) in [5, 5.41) is 2.94. The summed E-state index contributed by atoms with van der Waals surface area (Å²) in [6.45, 7) is 4.10. The van der Waals surface area contributed by atoms with Gasteiger partial charge >= 0.3 is 0 Å². The molecule has 34 heavy (non-hydrogen) atoms. The van der Waals surface area contributed by atoms with E-state index in [4.69, 9.17) is 0 Å². The molecule has 2 fully saturated rings. The highest BCUT2D eigenvalue weighted by atomic mass is 32.2. The minimum absolute atomic E-state index is 0.0316. The number of carbonyl (C=O) groups is 2. The Bertz CT molecular complexity index is 1120. The normalized spacial score (nSPS) is 18.0. The second-order valence-electron chi connectivity index (χ2n) is 9.30. The van der Waals surface area contributed by atoms with Crippen molar-refractivity contribution in [2.75, 3.05) is 31.5 Å². The lowest BCUT2D eigenvalue weighted by molar-refractivity contribution is -0.120. The number of likely N-dealkylation sites (tertiary alicyclic amines) is 1. The van der Waals surface area contributed by atoms with Gasteiger partial charge in [-0.15, -0.1) is 0 Å². The SMILES string of the molecule is Cc1ccc(CS(=O)(=O)N2CCC(C(=O)Nc3ccccc3C(=O)N3CCCCC3)CC2)cc1. The van der Waals surface area contributed by atoms with Crippen LogP contribution in [0.15, 0.2) is 48.5 Å². The van der Waals surface area contributed by atoms with Crippen molar-refractivity contribution in [1.82, 2.24) is 9.21 Å². The number of nitrogens with zero attached hydrogens (tertiary/aromatic N) is 2. The molecule has 2 aliphatic heterocycles. The van der Waals surface area contributed by atoms with E-state index in [9.17, 15) is 18.0 Å². The van der Waals surface area contributed by atoms with Gasteiger partial charge in [0.2, 0.25) is 15.9 Å². The molecule has 2 heterocycles. The van der Waals surface area contributed by atoms with Gasteiger partial charge in [-0.25, -0.2) is 12.7 Å². The molecule has 2 aromatic rings. The molecule has 0 aromatic heterocycles. The summed E-state index contributed by atoms with van der Waals surface area (Å²) in [4.78, 5) is 27.8. The molecule has 0 unspecified atom stereocenters. The zero-order chi connectivity index (χ0) is 24.1. The number of piperidine rings is 2. The third kappa shape index (κ3) is 5.85. The first-order valence-corrected chi connectivity index (χ1v) is 13.7. The van der Waals surface area contributed by atoms with Gasteiger partial charge in [0.15, 0.2) is 0 Å². The predicted molar refractivity (Wildman–Crippen MR) is 133 cm³/mol. The smallest absolute Gasteiger partial charge is 0.255 e. The van der Waals surface area contributed by atoms with Crippen molar-refractivity contribution in [2.24, 2.45) is 5.92 Å². The molecule has 2 amide bonds. The summed E-state index contributed by atoms with van der Waals surface area (Å²) in [6.07, 6.45) is 4.07. The van der Waals surface area contributed by atoms with Crippen LogP contribution < -0.4 is 5.32 Å². The lowest BCUT2D eigenvalue weighted by Crippen LogP contribution is -2.42. The minimum Gasteiger partial charge on any atom is -0.339 e. The Morgan fingerprint density at radius 3 is 2.24 bits per heavy atom. The molecule has 0 bridgehead atoms. The molecule has 7 nitrogen and oxygen atoms in total. The Morgan fingerprint density at radius 2 is 1.56 bits per heavy atom. The van der Waals surface area contributed by atoms with Crippen LogP contribution in [-0.4, -0.2) is 55.6 Å². The highest BCUT2D eigenvalue weighted by Crippen LogP contribution is 2.25. The monoisotopic (exact) mass is 483 g/mol. The Hall–Kier alpha value is -2.71. The molecule has 1 N–H and O–H groups in total. The maximum atomic E-state index is 13.0. The number of aryl methyl sites for hydroxylation is 1. The van der Waals surface area contributed by atoms with Gasteiger partial charge in [0.25, 0.3) is 5.91 Å². The molecule has 0 aliphatic carbocycles. The fourth-order valence-electron chi connectivity index (χ4n) is 4.66. The van der Waals surface area contributed by atoms with Crippen molar-refractivity contribution in [3.05, 3.63) is 65.2 Å². The van der Waals surface area contributed by atoms with Gasteiger partial charge in [0.1, 0.15) is 0 Å². The number of sulfonamides is 1. The summed E-state index contributed by atoms with van der Waals surface area (Å²) < 4.78 is 27.2. The van der Waals surface area contributed by atoms with E-state index >= 15 is 0 Å². The molecule has 8 heteroatoms. The van der Waals surface area contributed by atoms with Gasteiger partial charge in [-0.2, -0.15) is 0 Å².